The normalized spacial score (nSPS) is 33.8. The zero-order valence-corrected chi connectivity index (χ0v) is 19.6. The van der Waals surface area contributed by atoms with Gasteiger partial charge in [-0.1, -0.05) is 31.4 Å². The topological polar surface area (TPSA) is 64.4 Å². The molecule has 3 unspecified atom stereocenters. The van der Waals surface area contributed by atoms with Crippen molar-refractivity contribution < 1.29 is 9.53 Å². The van der Waals surface area contributed by atoms with E-state index in [1.165, 1.54) is 51.4 Å². The fourth-order valence-electron chi connectivity index (χ4n) is 7.78. The largest absolute Gasteiger partial charge is 0.461 e. The van der Waals surface area contributed by atoms with Crippen LogP contribution in [-0.4, -0.2) is 45.2 Å². The van der Waals surface area contributed by atoms with Crippen molar-refractivity contribution in [3.8, 4) is 0 Å². The molecule has 6 rings (SSSR count). The van der Waals surface area contributed by atoms with Gasteiger partial charge in [0.1, 0.15) is 0 Å². The summed E-state index contributed by atoms with van der Waals surface area (Å²) in [7, 11) is 0. The zero-order chi connectivity index (χ0) is 22.5. The number of rotatable bonds is 4. The van der Waals surface area contributed by atoms with E-state index in [-0.39, 0.29) is 23.9 Å². The number of carbonyl (C=O) groups is 1. The van der Waals surface area contributed by atoms with E-state index in [9.17, 15) is 9.59 Å². The van der Waals surface area contributed by atoms with Crippen molar-refractivity contribution in [1.29, 1.82) is 0 Å². The van der Waals surface area contributed by atoms with Crippen molar-refractivity contribution in [2.24, 2.45) is 11.8 Å². The summed E-state index contributed by atoms with van der Waals surface area (Å²) in [5.41, 5.74) is 1.15. The lowest BCUT2D eigenvalue weighted by Crippen LogP contribution is -2.52. The van der Waals surface area contributed by atoms with Gasteiger partial charge in [-0.15, -0.1) is 0 Å². The third-order valence-corrected chi connectivity index (χ3v) is 8.92. The maximum Gasteiger partial charge on any atom is 0.362 e. The molecule has 2 saturated carbocycles. The first-order valence-corrected chi connectivity index (χ1v) is 13.1. The molecule has 33 heavy (non-hydrogen) atoms. The van der Waals surface area contributed by atoms with Gasteiger partial charge < -0.3 is 9.30 Å². The summed E-state index contributed by atoms with van der Waals surface area (Å²) < 4.78 is 7.05. The first kappa shape index (κ1) is 21.3. The number of ether oxygens (including phenoxy) is 1. The highest BCUT2D eigenvalue weighted by Gasteiger charge is 2.47. The van der Waals surface area contributed by atoms with Crippen molar-refractivity contribution in [1.82, 2.24) is 14.5 Å². The Bertz CT molecular complexity index is 1090. The Morgan fingerprint density at radius 1 is 0.939 bits per heavy atom. The average molecular weight is 450 g/mol. The number of nitrogens with zero attached hydrogens (tertiary/aromatic N) is 3. The van der Waals surface area contributed by atoms with Crippen LogP contribution in [0.2, 0.25) is 0 Å². The number of aromatic nitrogens is 2. The quantitative estimate of drug-likeness (QED) is 0.633. The Hall–Kier alpha value is -2.21. The minimum atomic E-state index is -0.615. The highest BCUT2D eigenvalue weighted by atomic mass is 16.5. The summed E-state index contributed by atoms with van der Waals surface area (Å²) in [5.74, 6) is 1.24. The number of fused-ring (bicyclic) bond motifs is 5. The summed E-state index contributed by atoms with van der Waals surface area (Å²) in [6.45, 7) is 1.99. The molecule has 3 heterocycles. The SMILES string of the molecule is CCOC(=O)c1nc2ccccc2n(C2C[C@H]3CC[C@@H](C2)N3C2CC3CCCC(C3)C2)c1=O. The number of esters is 1. The number of hydrogen-bond donors (Lipinski definition) is 0. The van der Waals surface area contributed by atoms with Crippen molar-refractivity contribution in [2.45, 2.75) is 95.3 Å². The van der Waals surface area contributed by atoms with Crippen LogP contribution in [0.5, 0.6) is 0 Å². The molecule has 2 aromatic rings. The molecule has 2 aliphatic heterocycles. The molecule has 1 aromatic heterocycles. The average Bonchev–Trinajstić information content (AvgIpc) is 3.08. The molecule has 1 aromatic carbocycles. The van der Waals surface area contributed by atoms with Gasteiger partial charge in [0.15, 0.2) is 0 Å². The van der Waals surface area contributed by atoms with E-state index in [1.807, 2.05) is 28.8 Å². The summed E-state index contributed by atoms with van der Waals surface area (Å²) >= 11 is 0. The highest BCUT2D eigenvalue weighted by molar-refractivity contribution is 5.89. The highest BCUT2D eigenvalue weighted by Crippen LogP contribution is 2.48. The minimum Gasteiger partial charge on any atom is -0.461 e. The van der Waals surface area contributed by atoms with Crippen LogP contribution in [0.1, 0.15) is 87.7 Å². The zero-order valence-electron chi connectivity index (χ0n) is 19.6. The molecule has 4 aliphatic rings. The molecule has 6 heteroatoms. The molecule has 6 nitrogen and oxygen atoms in total. The molecular weight excluding hydrogens is 414 g/mol. The molecule has 5 atom stereocenters. The van der Waals surface area contributed by atoms with Gasteiger partial charge in [0, 0.05) is 24.2 Å². The van der Waals surface area contributed by atoms with Gasteiger partial charge in [0.2, 0.25) is 5.69 Å². The Morgan fingerprint density at radius 3 is 2.33 bits per heavy atom. The first-order chi connectivity index (χ1) is 16.1. The second kappa shape index (κ2) is 8.53. The van der Waals surface area contributed by atoms with Gasteiger partial charge in [-0.05, 0) is 75.8 Å². The second-order valence-electron chi connectivity index (χ2n) is 10.8. The smallest absolute Gasteiger partial charge is 0.362 e. The third kappa shape index (κ3) is 3.71. The predicted molar refractivity (Wildman–Crippen MR) is 127 cm³/mol. The third-order valence-electron chi connectivity index (χ3n) is 8.92. The Balaban J connectivity index is 1.32. The van der Waals surface area contributed by atoms with E-state index in [4.69, 9.17) is 4.74 Å². The van der Waals surface area contributed by atoms with Gasteiger partial charge >= 0.3 is 5.97 Å². The van der Waals surface area contributed by atoms with E-state index in [1.54, 1.807) is 6.92 Å². The molecule has 4 fully saturated rings. The van der Waals surface area contributed by atoms with Crippen LogP contribution >= 0.6 is 0 Å². The summed E-state index contributed by atoms with van der Waals surface area (Å²) in [6, 6.07) is 9.64. The Morgan fingerprint density at radius 2 is 1.64 bits per heavy atom. The van der Waals surface area contributed by atoms with Crippen molar-refractivity contribution >= 4 is 17.0 Å². The van der Waals surface area contributed by atoms with Crippen molar-refractivity contribution in [2.75, 3.05) is 6.61 Å². The lowest BCUT2D eigenvalue weighted by Gasteiger charge is -2.49. The monoisotopic (exact) mass is 449 g/mol. The minimum absolute atomic E-state index is 0.0783. The summed E-state index contributed by atoms with van der Waals surface area (Å²) in [6.07, 6.45) is 12.9. The molecule has 4 bridgehead atoms. The second-order valence-corrected chi connectivity index (χ2v) is 10.8. The van der Waals surface area contributed by atoms with Crippen LogP contribution in [0.4, 0.5) is 0 Å². The maximum absolute atomic E-state index is 13.5. The van der Waals surface area contributed by atoms with E-state index in [0.29, 0.717) is 17.6 Å². The van der Waals surface area contributed by atoms with Crippen LogP contribution in [-0.2, 0) is 4.74 Å². The molecule has 2 saturated heterocycles. The van der Waals surface area contributed by atoms with Crippen LogP contribution < -0.4 is 5.56 Å². The van der Waals surface area contributed by atoms with E-state index < -0.39 is 5.97 Å². The number of carbonyl (C=O) groups excluding carboxylic acids is 1. The molecule has 0 N–H and O–H groups in total. The van der Waals surface area contributed by atoms with Crippen LogP contribution in [0, 0.1) is 11.8 Å². The number of piperidine rings is 1. The van der Waals surface area contributed by atoms with Gasteiger partial charge in [0.05, 0.1) is 17.6 Å². The molecule has 2 aliphatic carbocycles. The summed E-state index contributed by atoms with van der Waals surface area (Å²) in [5, 5.41) is 0. The van der Waals surface area contributed by atoms with E-state index >= 15 is 0 Å². The molecule has 176 valence electrons. The van der Waals surface area contributed by atoms with Crippen LogP contribution in [0.15, 0.2) is 29.1 Å². The van der Waals surface area contributed by atoms with E-state index in [2.05, 4.69) is 9.88 Å². The van der Waals surface area contributed by atoms with Crippen molar-refractivity contribution in [3.05, 3.63) is 40.3 Å². The predicted octanol–water partition coefficient (Wildman–Crippen LogP) is 4.71. The fourth-order valence-corrected chi connectivity index (χ4v) is 7.78. The lowest BCUT2D eigenvalue weighted by molar-refractivity contribution is 0.00784. The van der Waals surface area contributed by atoms with Crippen LogP contribution in [0.3, 0.4) is 0 Å². The van der Waals surface area contributed by atoms with Gasteiger partial charge in [0.25, 0.3) is 5.56 Å². The number of hydrogen-bond acceptors (Lipinski definition) is 5. The number of para-hydroxylation sites is 2. The van der Waals surface area contributed by atoms with Gasteiger partial charge in [-0.3, -0.25) is 9.69 Å². The summed E-state index contributed by atoms with van der Waals surface area (Å²) in [4.78, 5) is 33.3. The maximum atomic E-state index is 13.5. The molecular formula is C27H35N3O3. The van der Waals surface area contributed by atoms with Gasteiger partial charge in [-0.25, -0.2) is 9.78 Å². The van der Waals surface area contributed by atoms with Gasteiger partial charge in [-0.2, -0.15) is 0 Å². The number of benzene rings is 1. The molecule has 0 amide bonds. The molecule has 0 radical (unpaired) electrons. The Labute approximate surface area is 195 Å². The lowest BCUT2D eigenvalue weighted by atomic mass is 9.69. The van der Waals surface area contributed by atoms with Crippen LogP contribution in [0.25, 0.3) is 11.0 Å². The van der Waals surface area contributed by atoms with Crippen molar-refractivity contribution in [3.63, 3.8) is 0 Å². The fraction of sp³-hybridized carbons (Fsp3) is 0.667. The first-order valence-electron chi connectivity index (χ1n) is 13.1. The standard InChI is InChI=1S/C27H35N3O3/c1-2-33-27(32)25-26(31)30(24-9-4-3-8-23(24)28-25)22-15-19-10-11-20(16-22)29(19)21-13-17-6-5-7-18(12-17)14-21/h3-4,8-9,17-22H,2,5-7,10-16H2,1H3/t17?,18?,19-,20+,21?,22?. The molecule has 0 spiro atoms. The van der Waals surface area contributed by atoms with E-state index in [0.717, 1.165) is 36.2 Å². The Kier molecular flexibility index (Phi) is 5.52.